The SMILES string of the molecule is Cn1cncc1C(=O)NC[C@H]1[C@H]2CN(CCCc3ccccc3)C[C@]23CC[C@H]1O3. The molecule has 0 aliphatic carbocycles. The number of nitrogens with zero attached hydrogens (tertiary/aromatic N) is 3. The number of rotatable bonds is 7. The lowest BCUT2D eigenvalue weighted by molar-refractivity contribution is 0.00271. The van der Waals surface area contributed by atoms with Crippen LogP contribution in [0.3, 0.4) is 0 Å². The molecule has 5 rings (SSSR count). The van der Waals surface area contributed by atoms with Crippen molar-refractivity contribution < 1.29 is 9.53 Å². The van der Waals surface area contributed by atoms with Gasteiger partial charge in [-0.2, -0.15) is 0 Å². The highest BCUT2D eigenvalue weighted by molar-refractivity contribution is 5.92. The molecule has 4 atom stereocenters. The Balaban J connectivity index is 1.17. The zero-order valence-corrected chi connectivity index (χ0v) is 17.1. The van der Waals surface area contributed by atoms with E-state index in [4.69, 9.17) is 4.74 Å². The number of benzene rings is 1. The summed E-state index contributed by atoms with van der Waals surface area (Å²) in [6.07, 6.45) is 8.19. The summed E-state index contributed by atoms with van der Waals surface area (Å²) in [7, 11) is 1.85. The first-order chi connectivity index (χ1) is 14.1. The third-order valence-corrected chi connectivity index (χ3v) is 7.18. The molecule has 1 spiro atoms. The average Bonchev–Trinajstić information content (AvgIpc) is 3.47. The summed E-state index contributed by atoms with van der Waals surface area (Å²) in [5, 5.41) is 3.14. The monoisotopic (exact) mass is 394 g/mol. The molecule has 3 fully saturated rings. The van der Waals surface area contributed by atoms with Gasteiger partial charge in [-0.05, 0) is 37.8 Å². The number of amides is 1. The number of nitrogens with one attached hydrogen (secondary N) is 1. The summed E-state index contributed by atoms with van der Waals surface area (Å²) in [6.45, 7) is 3.96. The minimum Gasteiger partial charge on any atom is -0.370 e. The quantitative estimate of drug-likeness (QED) is 0.783. The van der Waals surface area contributed by atoms with Crippen LogP contribution in [0.15, 0.2) is 42.9 Å². The molecule has 154 valence electrons. The van der Waals surface area contributed by atoms with E-state index in [1.54, 1.807) is 17.1 Å². The Morgan fingerprint density at radius 1 is 1.34 bits per heavy atom. The molecule has 0 radical (unpaired) electrons. The molecule has 0 saturated carbocycles. The van der Waals surface area contributed by atoms with Gasteiger partial charge in [0.2, 0.25) is 0 Å². The van der Waals surface area contributed by atoms with E-state index in [9.17, 15) is 4.79 Å². The van der Waals surface area contributed by atoms with Crippen LogP contribution >= 0.6 is 0 Å². The van der Waals surface area contributed by atoms with Gasteiger partial charge in [0, 0.05) is 38.5 Å². The number of aryl methyl sites for hydroxylation is 2. The topological polar surface area (TPSA) is 59.4 Å². The van der Waals surface area contributed by atoms with Gasteiger partial charge in [-0.1, -0.05) is 30.3 Å². The summed E-state index contributed by atoms with van der Waals surface area (Å²) in [4.78, 5) is 19.1. The van der Waals surface area contributed by atoms with Gasteiger partial charge in [-0.25, -0.2) is 4.98 Å². The van der Waals surface area contributed by atoms with Crippen LogP contribution in [0.4, 0.5) is 0 Å². The second-order valence-corrected chi connectivity index (χ2v) is 8.95. The van der Waals surface area contributed by atoms with Crippen LogP contribution in [0.1, 0.15) is 35.3 Å². The van der Waals surface area contributed by atoms with E-state index in [1.165, 1.54) is 18.4 Å². The molecule has 6 heteroatoms. The van der Waals surface area contributed by atoms with Gasteiger partial charge in [0.15, 0.2) is 0 Å². The number of carbonyl (C=O) groups excluding carboxylic acids is 1. The Morgan fingerprint density at radius 2 is 2.21 bits per heavy atom. The molecule has 1 aromatic heterocycles. The van der Waals surface area contributed by atoms with E-state index in [0.717, 1.165) is 32.5 Å². The lowest BCUT2D eigenvalue weighted by Crippen LogP contribution is -2.42. The predicted molar refractivity (Wildman–Crippen MR) is 111 cm³/mol. The molecule has 2 aromatic rings. The number of carbonyl (C=O) groups is 1. The van der Waals surface area contributed by atoms with Gasteiger partial charge in [0.1, 0.15) is 5.69 Å². The fourth-order valence-electron chi connectivity index (χ4n) is 5.76. The van der Waals surface area contributed by atoms with Crippen LogP contribution in [0.5, 0.6) is 0 Å². The maximum Gasteiger partial charge on any atom is 0.269 e. The first-order valence-corrected chi connectivity index (χ1v) is 10.8. The van der Waals surface area contributed by atoms with E-state index in [2.05, 4.69) is 45.5 Å². The molecule has 6 nitrogen and oxygen atoms in total. The van der Waals surface area contributed by atoms with Crippen molar-refractivity contribution in [1.82, 2.24) is 19.8 Å². The Bertz CT molecular complexity index is 867. The van der Waals surface area contributed by atoms with Gasteiger partial charge in [0.25, 0.3) is 5.91 Å². The number of ether oxygens (including phenoxy) is 1. The van der Waals surface area contributed by atoms with Gasteiger partial charge >= 0.3 is 0 Å². The number of likely N-dealkylation sites (tertiary alicyclic amines) is 1. The Hall–Kier alpha value is -2.18. The zero-order chi connectivity index (χ0) is 19.8. The van der Waals surface area contributed by atoms with E-state index >= 15 is 0 Å². The smallest absolute Gasteiger partial charge is 0.269 e. The Labute approximate surface area is 172 Å². The van der Waals surface area contributed by atoms with Gasteiger partial charge < -0.3 is 19.5 Å². The number of aromatic nitrogens is 2. The van der Waals surface area contributed by atoms with E-state index < -0.39 is 0 Å². The molecule has 2 bridgehead atoms. The van der Waals surface area contributed by atoms with Crippen molar-refractivity contribution in [3.8, 4) is 0 Å². The first kappa shape index (κ1) is 18.8. The molecule has 4 heterocycles. The maximum absolute atomic E-state index is 12.5. The average molecular weight is 395 g/mol. The van der Waals surface area contributed by atoms with E-state index in [-0.39, 0.29) is 11.5 Å². The van der Waals surface area contributed by atoms with Crippen LogP contribution in [0.25, 0.3) is 0 Å². The summed E-state index contributed by atoms with van der Waals surface area (Å²) >= 11 is 0. The molecular formula is C23H30N4O2. The minimum absolute atomic E-state index is 0.0271. The van der Waals surface area contributed by atoms with Gasteiger partial charge in [0.05, 0.1) is 24.2 Å². The van der Waals surface area contributed by atoms with Crippen LogP contribution in [0.2, 0.25) is 0 Å². The summed E-state index contributed by atoms with van der Waals surface area (Å²) < 4.78 is 8.29. The molecular weight excluding hydrogens is 364 g/mol. The molecule has 1 amide bonds. The number of fused-ring (bicyclic) bond motifs is 1. The first-order valence-electron chi connectivity index (χ1n) is 10.8. The van der Waals surface area contributed by atoms with Crippen LogP contribution < -0.4 is 5.32 Å². The second-order valence-electron chi connectivity index (χ2n) is 8.95. The second kappa shape index (κ2) is 7.58. The lowest BCUT2D eigenvalue weighted by atomic mass is 9.73. The summed E-state index contributed by atoms with van der Waals surface area (Å²) in [6, 6.07) is 10.7. The number of imidazole rings is 1. The molecule has 29 heavy (non-hydrogen) atoms. The molecule has 0 unspecified atom stereocenters. The Kier molecular flexibility index (Phi) is 4.92. The maximum atomic E-state index is 12.5. The van der Waals surface area contributed by atoms with Crippen molar-refractivity contribution in [2.75, 3.05) is 26.2 Å². The molecule has 3 aliphatic rings. The van der Waals surface area contributed by atoms with E-state index in [0.29, 0.717) is 30.2 Å². The summed E-state index contributed by atoms with van der Waals surface area (Å²) in [5.74, 6) is 0.907. The number of hydrogen-bond acceptors (Lipinski definition) is 4. The molecule has 3 saturated heterocycles. The van der Waals surface area contributed by atoms with Crippen molar-refractivity contribution in [3.05, 3.63) is 54.1 Å². The van der Waals surface area contributed by atoms with Gasteiger partial charge in [-0.15, -0.1) is 0 Å². The number of hydrogen-bond donors (Lipinski definition) is 1. The molecule has 3 aliphatic heterocycles. The van der Waals surface area contributed by atoms with E-state index in [1.807, 2.05) is 7.05 Å². The third kappa shape index (κ3) is 3.49. The van der Waals surface area contributed by atoms with Crippen LogP contribution in [-0.2, 0) is 18.2 Å². The molecule has 1 N–H and O–H groups in total. The van der Waals surface area contributed by atoms with Crippen LogP contribution in [0, 0.1) is 11.8 Å². The fourth-order valence-corrected chi connectivity index (χ4v) is 5.76. The van der Waals surface area contributed by atoms with Crippen molar-refractivity contribution in [1.29, 1.82) is 0 Å². The third-order valence-electron chi connectivity index (χ3n) is 7.18. The van der Waals surface area contributed by atoms with Crippen LogP contribution in [-0.4, -0.2) is 58.2 Å². The largest absolute Gasteiger partial charge is 0.370 e. The van der Waals surface area contributed by atoms with Crippen molar-refractivity contribution in [2.45, 2.75) is 37.4 Å². The predicted octanol–water partition coefficient (Wildman–Crippen LogP) is 2.26. The molecule has 1 aromatic carbocycles. The normalized spacial score (nSPS) is 30.6. The lowest BCUT2D eigenvalue weighted by Gasteiger charge is -2.29. The highest BCUT2D eigenvalue weighted by Gasteiger charge is 2.62. The highest BCUT2D eigenvalue weighted by Crippen LogP contribution is 2.54. The Morgan fingerprint density at radius 3 is 3.00 bits per heavy atom. The highest BCUT2D eigenvalue weighted by atomic mass is 16.5. The zero-order valence-electron chi connectivity index (χ0n) is 17.1. The summed E-state index contributed by atoms with van der Waals surface area (Å²) in [5.41, 5.74) is 2.05. The standard InChI is InChI=1S/C23H30N4O2/c1-26-16-24-13-20(26)22(28)25-12-18-19-14-27(15-23(19)10-9-21(18)29-23)11-5-8-17-6-3-2-4-7-17/h2-4,6-7,13,16,18-19,21H,5,8-12,14-15H2,1H3,(H,25,28)/t18-,19+,21+,23+/m0/s1. The van der Waals surface area contributed by atoms with Crippen molar-refractivity contribution in [3.63, 3.8) is 0 Å². The fraction of sp³-hybridized carbons (Fsp3) is 0.565. The van der Waals surface area contributed by atoms with Gasteiger partial charge in [-0.3, -0.25) is 4.79 Å². The van der Waals surface area contributed by atoms with Crippen molar-refractivity contribution in [2.24, 2.45) is 18.9 Å². The van der Waals surface area contributed by atoms with Crippen molar-refractivity contribution >= 4 is 5.91 Å². The minimum atomic E-state index is -0.0421.